The Morgan fingerprint density at radius 2 is 2.25 bits per heavy atom. The smallest absolute Gasteiger partial charge is 0.216 e. The van der Waals surface area contributed by atoms with E-state index in [9.17, 15) is 4.79 Å². The van der Waals surface area contributed by atoms with Crippen LogP contribution in [0.5, 0.6) is 0 Å². The Morgan fingerprint density at radius 3 is 2.94 bits per heavy atom. The maximum atomic E-state index is 10.6. The van der Waals surface area contributed by atoms with E-state index in [4.69, 9.17) is 0 Å². The number of aryl methyl sites for hydroxylation is 1. The fourth-order valence-electron chi connectivity index (χ4n) is 1.19. The summed E-state index contributed by atoms with van der Waals surface area (Å²) in [5, 5.41) is 2.71. The van der Waals surface area contributed by atoms with Crippen molar-refractivity contribution < 1.29 is 4.79 Å². The first-order valence-electron chi connectivity index (χ1n) is 5.09. The summed E-state index contributed by atoms with van der Waals surface area (Å²) in [6.07, 6.45) is 0.672. The fourth-order valence-corrected chi connectivity index (χ4v) is 1.55. The molecule has 0 aliphatic carbocycles. The van der Waals surface area contributed by atoms with Crippen LogP contribution in [-0.4, -0.2) is 12.5 Å². The molecule has 0 saturated heterocycles. The van der Waals surface area contributed by atoms with Crippen molar-refractivity contribution in [2.45, 2.75) is 20.3 Å². The average molecular weight is 280 g/mol. The molecule has 84 valence electrons. The van der Waals surface area contributed by atoms with E-state index in [2.05, 4.69) is 33.1 Å². The van der Waals surface area contributed by atoms with Gasteiger partial charge in [0.25, 0.3) is 0 Å². The highest BCUT2D eigenvalue weighted by molar-refractivity contribution is 9.10. The van der Waals surface area contributed by atoms with Gasteiger partial charge in [-0.25, -0.2) is 0 Å². The number of carbonyl (C=O) groups is 1. The van der Waals surface area contributed by atoms with Gasteiger partial charge in [-0.05, 0) is 24.6 Å². The summed E-state index contributed by atoms with van der Waals surface area (Å²) in [7, 11) is 0. The Kier molecular flexibility index (Phi) is 5.07. The monoisotopic (exact) mass is 279 g/mol. The Labute approximate surface area is 105 Å². The van der Waals surface area contributed by atoms with E-state index in [0.717, 1.165) is 15.6 Å². The van der Waals surface area contributed by atoms with Gasteiger partial charge in [-0.2, -0.15) is 0 Å². The first-order valence-corrected chi connectivity index (χ1v) is 5.88. The standard InChI is InChI=1S/C13H14BrNO/c1-10-6-7-13(14)9-12(10)5-3-4-8-15-11(2)16/h6-7,9H,4,8H2,1-2H3,(H,15,16). The summed E-state index contributed by atoms with van der Waals surface area (Å²) in [6, 6.07) is 6.03. The first-order chi connectivity index (χ1) is 7.59. The van der Waals surface area contributed by atoms with Crippen molar-refractivity contribution in [3.63, 3.8) is 0 Å². The van der Waals surface area contributed by atoms with E-state index >= 15 is 0 Å². The highest BCUT2D eigenvalue weighted by atomic mass is 79.9. The summed E-state index contributed by atoms with van der Waals surface area (Å²) in [4.78, 5) is 10.6. The summed E-state index contributed by atoms with van der Waals surface area (Å²) in [6.45, 7) is 4.14. The van der Waals surface area contributed by atoms with E-state index < -0.39 is 0 Å². The second-order valence-electron chi connectivity index (χ2n) is 3.49. The molecule has 1 N–H and O–H groups in total. The zero-order valence-corrected chi connectivity index (χ0v) is 11.0. The van der Waals surface area contributed by atoms with Crippen molar-refractivity contribution in [1.82, 2.24) is 5.32 Å². The van der Waals surface area contributed by atoms with Gasteiger partial charge < -0.3 is 5.32 Å². The van der Waals surface area contributed by atoms with Crippen LogP contribution in [0.1, 0.15) is 24.5 Å². The lowest BCUT2D eigenvalue weighted by Crippen LogP contribution is -2.20. The largest absolute Gasteiger partial charge is 0.355 e. The maximum Gasteiger partial charge on any atom is 0.216 e. The van der Waals surface area contributed by atoms with Crippen molar-refractivity contribution >= 4 is 21.8 Å². The predicted octanol–water partition coefficient (Wildman–Crippen LogP) is 2.64. The molecule has 1 rings (SSSR count). The molecule has 0 spiro atoms. The first kappa shape index (κ1) is 12.8. The summed E-state index contributed by atoms with van der Waals surface area (Å²) in [5.41, 5.74) is 2.19. The van der Waals surface area contributed by atoms with Crippen LogP contribution < -0.4 is 5.32 Å². The number of amides is 1. The van der Waals surface area contributed by atoms with Gasteiger partial charge in [0.15, 0.2) is 0 Å². The minimum absolute atomic E-state index is 0.0135. The summed E-state index contributed by atoms with van der Waals surface area (Å²) in [5.74, 6) is 6.12. The quantitative estimate of drug-likeness (QED) is 0.655. The molecule has 1 aromatic rings. The minimum atomic E-state index is -0.0135. The normalized spacial score (nSPS) is 9.19. The fraction of sp³-hybridized carbons (Fsp3) is 0.308. The zero-order valence-electron chi connectivity index (χ0n) is 9.43. The van der Waals surface area contributed by atoms with Crippen LogP contribution in [0, 0.1) is 18.8 Å². The number of hydrogen-bond donors (Lipinski definition) is 1. The van der Waals surface area contributed by atoms with Crippen LogP contribution in [0.3, 0.4) is 0 Å². The van der Waals surface area contributed by atoms with Gasteiger partial charge in [-0.1, -0.05) is 33.8 Å². The molecule has 2 nitrogen and oxygen atoms in total. The molecule has 0 heterocycles. The van der Waals surface area contributed by atoms with Crippen LogP contribution >= 0.6 is 15.9 Å². The third-order valence-corrected chi connectivity index (χ3v) is 2.54. The van der Waals surface area contributed by atoms with Crippen molar-refractivity contribution in [2.75, 3.05) is 6.54 Å². The van der Waals surface area contributed by atoms with E-state index in [1.807, 2.05) is 25.1 Å². The number of hydrogen-bond acceptors (Lipinski definition) is 1. The molecule has 0 aliphatic heterocycles. The molecule has 0 aliphatic rings. The molecular weight excluding hydrogens is 266 g/mol. The Balaban J connectivity index is 2.56. The maximum absolute atomic E-state index is 10.6. The molecule has 16 heavy (non-hydrogen) atoms. The lowest BCUT2D eigenvalue weighted by molar-refractivity contribution is -0.118. The highest BCUT2D eigenvalue weighted by Gasteiger charge is 1.94. The van der Waals surface area contributed by atoms with Crippen LogP contribution in [0.2, 0.25) is 0 Å². The summed E-state index contributed by atoms with van der Waals surface area (Å²) >= 11 is 3.41. The SMILES string of the molecule is CC(=O)NCCC#Cc1cc(Br)ccc1C. The van der Waals surface area contributed by atoms with Gasteiger partial charge in [0.1, 0.15) is 0 Å². The number of rotatable bonds is 2. The molecule has 0 unspecified atom stereocenters. The Hall–Kier alpha value is -1.27. The third-order valence-electron chi connectivity index (χ3n) is 2.05. The second-order valence-corrected chi connectivity index (χ2v) is 4.41. The van der Waals surface area contributed by atoms with Crippen molar-refractivity contribution in [2.24, 2.45) is 0 Å². The number of benzene rings is 1. The summed E-state index contributed by atoms with van der Waals surface area (Å²) < 4.78 is 1.03. The Bertz CT molecular complexity index is 443. The van der Waals surface area contributed by atoms with Crippen LogP contribution in [0.15, 0.2) is 22.7 Å². The molecule has 0 aromatic heterocycles. The van der Waals surface area contributed by atoms with E-state index in [1.165, 1.54) is 6.92 Å². The molecule has 0 bridgehead atoms. The van der Waals surface area contributed by atoms with Gasteiger partial charge in [-0.3, -0.25) is 4.79 Å². The molecule has 0 radical (unpaired) electrons. The predicted molar refractivity (Wildman–Crippen MR) is 69.1 cm³/mol. The van der Waals surface area contributed by atoms with E-state index in [-0.39, 0.29) is 5.91 Å². The lowest BCUT2D eigenvalue weighted by Gasteiger charge is -1.98. The van der Waals surface area contributed by atoms with Crippen molar-refractivity contribution in [3.05, 3.63) is 33.8 Å². The van der Waals surface area contributed by atoms with E-state index in [0.29, 0.717) is 13.0 Å². The van der Waals surface area contributed by atoms with Crippen LogP contribution in [0.25, 0.3) is 0 Å². The van der Waals surface area contributed by atoms with Crippen molar-refractivity contribution in [1.29, 1.82) is 0 Å². The molecule has 3 heteroatoms. The molecule has 1 aromatic carbocycles. The van der Waals surface area contributed by atoms with E-state index in [1.54, 1.807) is 0 Å². The number of carbonyl (C=O) groups excluding carboxylic acids is 1. The van der Waals surface area contributed by atoms with Gasteiger partial charge in [-0.15, -0.1) is 0 Å². The van der Waals surface area contributed by atoms with Crippen molar-refractivity contribution in [3.8, 4) is 11.8 Å². The van der Waals surface area contributed by atoms with Gasteiger partial charge in [0.05, 0.1) is 0 Å². The molecule has 0 fully saturated rings. The molecular formula is C13H14BrNO. The highest BCUT2D eigenvalue weighted by Crippen LogP contribution is 2.14. The van der Waals surface area contributed by atoms with Crippen LogP contribution in [-0.2, 0) is 4.79 Å². The van der Waals surface area contributed by atoms with Crippen LogP contribution in [0.4, 0.5) is 0 Å². The second kappa shape index (κ2) is 6.34. The Morgan fingerprint density at radius 1 is 1.50 bits per heavy atom. The lowest BCUT2D eigenvalue weighted by atomic mass is 10.1. The zero-order chi connectivity index (χ0) is 12.0. The van der Waals surface area contributed by atoms with Gasteiger partial charge >= 0.3 is 0 Å². The number of halogens is 1. The van der Waals surface area contributed by atoms with Gasteiger partial charge in [0, 0.05) is 29.9 Å². The minimum Gasteiger partial charge on any atom is -0.355 e. The topological polar surface area (TPSA) is 29.1 Å². The third kappa shape index (κ3) is 4.50. The molecule has 0 saturated carbocycles. The molecule has 1 amide bonds. The average Bonchev–Trinajstić information content (AvgIpc) is 2.22. The van der Waals surface area contributed by atoms with Gasteiger partial charge in [0.2, 0.25) is 5.91 Å². The number of nitrogens with one attached hydrogen (secondary N) is 1. The molecule has 0 atom stereocenters.